The maximum Gasteiger partial charge on any atom is 0.472 e. The Morgan fingerprint density at radius 3 is 1.94 bits per heavy atom. The lowest BCUT2D eigenvalue weighted by atomic mass is 10.1. The van der Waals surface area contributed by atoms with Crippen molar-refractivity contribution in [3.8, 4) is 0 Å². The fourth-order valence-electron chi connectivity index (χ4n) is 4.00. The van der Waals surface area contributed by atoms with Gasteiger partial charge in [0.15, 0.2) is 0 Å². The largest absolute Gasteiger partial charge is 0.472 e. The van der Waals surface area contributed by atoms with Gasteiger partial charge in [-0.15, -0.1) is 11.8 Å². The van der Waals surface area contributed by atoms with Crippen molar-refractivity contribution in [1.82, 2.24) is 5.43 Å². The molecule has 0 aromatic heterocycles. The Balaban J connectivity index is 1.53. The molecule has 0 saturated heterocycles. The molecule has 0 aliphatic heterocycles. The maximum absolute atomic E-state index is 12.9. The molecule has 0 bridgehead atoms. The molecule has 0 radical (unpaired) electrons. The standard InChI is InChI=1S/C32H47F3N4O8S2/c1-2-3-4-5-6-7-15-44-16-17-45-18-19-46-20-21-47-22-23-48-25-30(40)36-28-9-8-10-29(24-28)49(42,43)39-27-13-11-26(12-14-27)37-38-31(41)32(33,34)35/h8-14,24,37,39H,2-7,15-23,25H2,1H3,(H,36,40)(H,38,41). The molecule has 17 heteroatoms. The molecule has 0 spiro atoms. The van der Waals surface area contributed by atoms with E-state index in [1.54, 1.807) is 6.07 Å². The van der Waals surface area contributed by atoms with E-state index in [4.69, 9.17) is 18.9 Å². The first-order valence-electron chi connectivity index (χ1n) is 16.1. The van der Waals surface area contributed by atoms with Gasteiger partial charge in [-0.05, 0) is 48.9 Å². The Kier molecular flexibility index (Phi) is 20.7. The van der Waals surface area contributed by atoms with Crippen LogP contribution in [0.3, 0.4) is 0 Å². The van der Waals surface area contributed by atoms with Gasteiger partial charge in [0.2, 0.25) is 5.91 Å². The van der Waals surface area contributed by atoms with Crippen molar-refractivity contribution in [3.05, 3.63) is 48.5 Å². The second-order valence-electron chi connectivity index (χ2n) is 10.6. The van der Waals surface area contributed by atoms with Crippen molar-refractivity contribution in [2.75, 3.05) is 79.8 Å². The Bertz CT molecular complexity index is 1340. The summed E-state index contributed by atoms with van der Waals surface area (Å²) < 4.78 is 87.0. The number of thioether (sulfide) groups is 1. The van der Waals surface area contributed by atoms with E-state index in [9.17, 15) is 31.2 Å². The molecule has 0 aliphatic carbocycles. The van der Waals surface area contributed by atoms with Crippen LogP contribution < -0.4 is 20.9 Å². The first-order chi connectivity index (χ1) is 23.5. The smallest absolute Gasteiger partial charge is 0.379 e. The van der Waals surface area contributed by atoms with Crippen LogP contribution in [0, 0.1) is 0 Å². The number of unbranched alkanes of at least 4 members (excludes halogenated alkanes) is 5. The molecule has 0 atom stereocenters. The summed E-state index contributed by atoms with van der Waals surface area (Å²) in [6.45, 7) is 6.37. The molecule has 0 aliphatic rings. The fraction of sp³-hybridized carbons (Fsp3) is 0.562. The molecule has 4 N–H and O–H groups in total. The van der Waals surface area contributed by atoms with Gasteiger partial charge in [0.05, 0.1) is 62.6 Å². The van der Waals surface area contributed by atoms with Crippen LogP contribution in [0.25, 0.3) is 0 Å². The summed E-state index contributed by atoms with van der Waals surface area (Å²) >= 11 is 1.36. The molecule has 2 aromatic carbocycles. The molecule has 2 rings (SSSR count). The van der Waals surface area contributed by atoms with Crippen molar-refractivity contribution in [2.45, 2.75) is 56.5 Å². The highest BCUT2D eigenvalue weighted by Crippen LogP contribution is 2.21. The van der Waals surface area contributed by atoms with Gasteiger partial charge in [0, 0.05) is 23.7 Å². The third kappa shape index (κ3) is 19.6. The van der Waals surface area contributed by atoms with Gasteiger partial charge < -0.3 is 24.3 Å². The van der Waals surface area contributed by atoms with Crippen LogP contribution in [0.1, 0.15) is 45.4 Å². The first-order valence-corrected chi connectivity index (χ1v) is 18.7. The number of amides is 2. The predicted molar refractivity (Wildman–Crippen MR) is 184 cm³/mol. The molecule has 0 saturated carbocycles. The molecule has 2 aromatic rings. The Labute approximate surface area is 290 Å². The summed E-state index contributed by atoms with van der Waals surface area (Å²) in [5, 5.41) is 2.66. The van der Waals surface area contributed by atoms with E-state index in [1.165, 1.54) is 91.8 Å². The SMILES string of the molecule is CCCCCCCCOCCOCCOCCOCCSCC(=O)Nc1cccc(S(=O)(=O)Nc2ccc(NNC(=O)C(F)(F)F)cc2)c1. The fourth-order valence-corrected chi connectivity index (χ4v) is 5.74. The highest BCUT2D eigenvalue weighted by atomic mass is 32.2. The van der Waals surface area contributed by atoms with E-state index < -0.39 is 22.1 Å². The Morgan fingerprint density at radius 1 is 0.735 bits per heavy atom. The number of sulfonamides is 1. The lowest BCUT2D eigenvalue weighted by molar-refractivity contribution is -0.173. The topological polar surface area (TPSA) is 153 Å². The Morgan fingerprint density at radius 2 is 1.31 bits per heavy atom. The molecule has 0 fully saturated rings. The molecule has 2 amide bonds. The highest BCUT2D eigenvalue weighted by molar-refractivity contribution is 7.99. The minimum Gasteiger partial charge on any atom is -0.379 e. The zero-order valence-corrected chi connectivity index (χ0v) is 29.3. The van der Waals surface area contributed by atoms with Crippen molar-refractivity contribution in [2.24, 2.45) is 0 Å². The van der Waals surface area contributed by atoms with Gasteiger partial charge in [-0.25, -0.2) is 8.42 Å². The van der Waals surface area contributed by atoms with Gasteiger partial charge in [0.1, 0.15) is 0 Å². The van der Waals surface area contributed by atoms with Gasteiger partial charge in [0.25, 0.3) is 10.0 Å². The lowest BCUT2D eigenvalue weighted by Gasteiger charge is -2.12. The number of benzene rings is 2. The number of nitrogens with one attached hydrogen (secondary N) is 4. The molecule has 276 valence electrons. The van der Waals surface area contributed by atoms with Gasteiger partial charge in [-0.3, -0.25) is 25.2 Å². The summed E-state index contributed by atoms with van der Waals surface area (Å²) in [7, 11) is -4.06. The third-order valence-electron chi connectivity index (χ3n) is 6.51. The van der Waals surface area contributed by atoms with Crippen molar-refractivity contribution in [3.63, 3.8) is 0 Å². The maximum atomic E-state index is 12.9. The van der Waals surface area contributed by atoms with E-state index in [2.05, 4.69) is 22.4 Å². The van der Waals surface area contributed by atoms with E-state index in [0.717, 1.165) is 13.0 Å². The number of hydrogen-bond acceptors (Lipinski definition) is 10. The van der Waals surface area contributed by atoms with Crippen LogP contribution in [0.2, 0.25) is 0 Å². The number of ether oxygens (including phenoxy) is 4. The molecule has 0 unspecified atom stereocenters. The highest BCUT2D eigenvalue weighted by Gasteiger charge is 2.38. The van der Waals surface area contributed by atoms with Gasteiger partial charge in [-0.2, -0.15) is 13.2 Å². The number of alkyl halides is 3. The number of anilines is 3. The number of hydrogen-bond donors (Lipinski definition) is 4. The molecule has 49 heavy (non-hydrogen) atoms. The van der Waals surface area contributed by atoms with E-state index in [-0.39, 0.29) is 33.6 Å². The first kappa shape index (κ1) is 42.1. The van der Waals surface area contributed by atoms with Gasteiger partial charge in [-0.1, -0.05) is 45.1 Å². The average Bonchev–Trinajstić information content (AvgIpc) is 3.06. The third-order valence-corrected chi connectivity index (χ3v) is 8.81. The second kappa shape index (κ2) is 24.1. The van der Waals surface area contributed by atoms with Gasteiger partial charge >= 0.3 is 12.1 Å². The van der Waals surface area contributed by atoms with E-state index in [0.29, 0.717) is 52.0 Å². The van der Waals surface area contributed by atoms with Crippen LogP contribution in [-0.4, -0.2) is 90.8 Å². The zero-order valence-electron chi connectivity index (χ0n) is 27.6. The number of halogens is 3. The zero-order chi connectivity index (χ0) is 35.8. The number of carbonyl (C=O) groups excluding carboxylic acids is 2. The Hall–Kier alpha value is -3.09. The number of hydrazine groups is 1. The lowest BCUT2D eigenvalue weighted by Crippen LogP contribution is -2.40. The minimum atomic E-state index is -5.06. The van der Waals surface area contributed by atoms with Crippen molar-refractivity contribution in [1.29, 1.82) is 0 Å². The number of rotatable bonds is 27. The molecular weight excluding hydrogens is 690 g/mol. The molecule has 12 nitrogen and oxygen atoms in total. The van der Waals surface area contributed by atoms with Crippen LogP contribution >= 0.6 is 11.8 Å². The van der Waals surface area contributed by atoms with Crippen LogP contribution in [-0.2, 0) is 38.6 Å². The van der Waals surface area contributed by atoms with E-state index in [1.807, 2.05) is 0 Å². The summed E-state index contributed by atoms with van der Waals surface area (Å²) in [5.41, 5.74) is 4.08. The minimum absolute atomic E-state index is 0.0935. The monoisotopic (exact) mass is 736 g/mol. The van der Waals surface area contributed by atoms with Crippen molar-refractivity contribution < 1.29 is 50.1 Å². The quantitative estimate of drug-likeness (QED) is 0.0675. The van der Waals surface area contributed by atoms with Crippen LogP contribution in [0.15, 0.2) is 53.4 Å². The average molecular weight is 737 g/mol. The molecular formula is C32H47F3N4O8S2. The number of carbonyl (C=O) groups is 2. The molecule has 0 heterocycles. The summed E-state index contributed by atoms with van der Waals surface area (Å²) in [4.78, 5) is 23.1. The summed E-state index contributed by atoms with van der Waals surface area (Å²) in [6.07, 6.45) is 2.39. The predicted octanol–water partition coefficient (Wildman–Crippen LogP) is 5.59. The van der Waals surface area contributed by atoms with Crippen LogP contribution in [0.4, 0.5) is 30.2 Å². The second-order valence-corrected chi connectivity index (χ2v) is 13.4. The van der Waals surface area contributed by atoms with E-state index >= 15 is 0 Å². The van der Waals surface area contributed by atoms with Crippen LogP contribution in [0.5, 0.6) is 0 Å². The van der Waals surface area contributed by atoms with Crippen molar-refractivity contribution >= 4 is 50.7 Å². The normalized spacial score (nSPS) is 11.7. The summed E-state index contributed by atoms with van der Waals surface area (Å²) in [6, 6.07) is 10.8. The summed E-state index contributed by atoms with van der Waals surface area (Å²) in [5.74, 6) is -1.78.